The molecular formula is C30H20Cl2N2O3S. The molecule has 0 spiro atoms. The zero-order valence-corrected chi connectivity index (χ0v) is 22.4. The Morgan fingerprint density at radius 3 is 2.18 bits per heavy atom. The molecule has 0 atom stereocenters. The highest BCUT2D eigenvalue weighted by atomic mass is 35.5. The van der Waals surface area contributed by atoms with Gasteiger partial charge in [-0.25, -0.2) is 12.4 Å². The highest BCUT2D eigenvalue weighted by Gasteiger charge is 2.35. The number of carbonyl (C=O) groups is 1. The van der Waals surface area contributed by atoms with Crippen molar-refractivity contribution >= 4 is 73.1 Å². The molecule has 6 rings (SSSR count). The van der Waals surface area contributed by atoms with Gasteiger partial charge >= 0.3 is 0 Å². The molecule has 38 heavy (non-hydrogen) atoms. The van der Waals surface area contributed by atoms with Crippen LogP contribution in [-0.4, -0.2) is 18.3 Å². The maximum Gasteiger partial charge on any atom is 0.268 e. The maximum absolute atomic E-state index is 13.9. The maximum atomic E-state index is 13.9. The average Bonchev–Trinajstić information content (AvgIpc) is 3.41. The van der Waals surface area contributed by atoms with E-state index in [1.54, 1.807) is 66.9 Å². The van der Waals surface area contributed by atoms with Crippen molar-refractivity contribution in [3.8, 4) is 0 Å². The summed E-state index contributed by atoms with van der Waals surface area (Å²) in [6, 6.07) is 26.4. The van der Waals surface area contributed by atoms with Crippen LogP contribution in [0.25, 0.3) is 22.6 Å². The minimum absolute atomic E-state index is 0.185. The molecule has 8 heteroatoms. The smallest absolute Gasteiger partial charge is 0.268 e. The van der Waals surface area contributed by atoms with E-state index in [1.165, 1.54) is 8.87 Å². The van der Waals surface area contributed by atoms with Gasteiger partial charge in [-0.15, -0.1) is 0 Å². The number of carbonyl (C=O) groups excluding carboxylic acids is 1. The first-order valence-electron chi connectivity index (χ1n) is 11.8. The van der Waals surface area contributed by atoms with E-state index >= 15 is 0 Å². The summed E-state index contributed by atoms with van der Waals surface area (Å²) in [6.45, 7) is 1.90. The number of halogens is 2. The average molecular weight is 559 g/mol. The first-order valence-corrected chi connectivity index (χ1v) is 14.0. The quantitative estimate of drug-likeness (QED) is 0.212. The first-order chi connectivity index (χ1) is 18.3. The van der Waals surface area contributed by atoms with Crippen LogP contribution in [0.4, 0.5) is 11.4 Å². The van der Waals surface area contributed by atoms with Crippen LogP contribution < -0.4 is 4.90 Å². The van der Waals surface area contributed by atoms with Crippen molar-refractivity contribution in [3.05, 3.63) is 124 Å². The Kier molecular flexibility index (Phi) is 5.91. The van der Waals surface area contributed by atoms with Crippen LogP contribution >= 0.6 is 23.2 Å². The molecule has 2 heterocycles. The second kappa shape index (κ2) is 9.17. The molecule has 0 fully saturated rings. The SMILES string of the molecule is Cc1ccc(S(=O)(=O)n2cc(/C=C3\C(=O)N(c4c(Cl)cccc4Cl)c4ccccc43)c3ccccc32)cc1. The minimum atomic E-state index is -3.88. The molecule has 5 aromatic rings. The van der Waals surface area contributed by atoms with Crippen LogP contribution in [0.15, 0.2) is 102 Å². The molecule has 0 saturated carbocycles. The third-order valence-corrected chi connectivity index (χ3v) is 8.91. The van der Waals surface area contributed by atoms with Gasteiger partial charge in [0.2, 0.25) is 0 Å². The summed E-state index contributed by atoms with van der Waals surface area (Å²) in [5.41, 5.74) is 4.24. The molecule has 1 aromatic heterocycles. The second-order valence-corrected chi connectivity index (χ2v) is 11.6. The lowest BCUT2D eigenvalue weighted by Gasteiger charge is -2.20. The molecule has 188 valence electrons. The lowest BCUT2D eigenvalue weighted by molar-refractivity contribution is -0.112. The normalized spacial score (nSPS) is 14.4. The Morgan fingerprint density at radius 2 is 1.45 bits per heavy atom. The van der Waals surface area contributed by atoms with Gasteiger partial charge in [0.25, 0.3) is 15.9 Å². The molecule has 0 radical (unpaired) electrons. The summed E-state index contributed by atoms with van der Waals surface area (Å²) in [6.07, 6.45) is 3.29. The van der Waals surface area contributed by atoms with Gasteiger partial charge in [0.15, 0.2) is 0 Å². The molecule has 0 saturated heterocycles. The Hall–Kier alpha value is -3.84. The lowest BCUT2D eigenvalue weighted by atomic mass is 10.0. The summed E-state index contributed by atoms with van der Waals surface area (Å²) in [4.78, 5) is 15.6. The highest BCUT2D eigenvalue weighted by molar-refractivity contribution is 7.90. The number of para-hydroxylation sites is 3. The molecule has 5 nitrogen and oxygen atoms in total. The number of hydrogen-bond donors (Lipinski definition) is 0. The largest absolute Gasteiger partial charge is 0.273 e. The van der Waals surface area contributed by atoms with E-state index in [4.69, 9.17) is 23.2 Å². The van der Waals surface area contributed by atoms with Crippen molar-refractivity contribution in [1.29, 1.82) is 0 Å². The standard InChI is InChI=1S/C30H20Cl2N2O3S/c1-19-13-15-21(16-14-19)38(36,37)33-18-20(22-7-2-4-11-27(22)33)17-24-23-8-3-5-12-28(23)34(30(24)35)29-25(31)9-6-10-26(29)32/h2-18H,1H3/b24-17-. The number of anilines is 2. The van der Waals surface area contributed by atoms with Crippen molar-refractivity contribution < 1.29 is 13.2 Å². The molecule has 1 aliphatic rings. The van der Waals surface area contributed by atoms with E-state index in [0.29, 0.717) is 49.0 Å². The van der Waals surface area contributed by atoms with Gasteiger partial charge in [-0.05, 0) is 49.4 Å². The van der Waals surface area contributed by atoms with Crippen molar-refractivity contribution in [1.82, 2.24) is 3.97 Å². The first kappa shape index (κ1) is 24.5. The van der Waals surface area contributed by atoms with E-state index in [9.17, 15) is 13.2 Å². The molecule has 0 unspecified atom stereocenters. The zero-order chi connectivity index (χ0) is 26.6. The van der Waals surface area contributed by atoms with Gasteiger partial charge in [-0.1, -0.05) is 83.4 Å². The van der Waals surface area contributed by atoms with Gasteiger partial charge in [-0.3, -0.25) is 9.69 Å². The van der Waals surface area contributed by atoms with E-state index in [0.717, 1.165) is 5.56 Å². The summed E-state index contributed by atoms with van der Waals surface area (Å²) in [7, 11) is -3.88. The van der Waals surface area contributed by atoms with E-state index in [2.05, 4.69) is 0 Å². The number of aromatic nitrogens is 1. The van der Waals surface area contributed by atoms with Crippen molar-refractivity contribution in [2.75, 3.05) is 4.90 Å². The second-order valence-electron chi connectivity index (χ2n) is 9.00. The van der Waals surface area contributed by atoms with E-state index < -0.39 is 10.0 Å². The van der Waals surface area contributed by atoms with Crippen LogP contribution in [0.1, 0.15) is 16.7 Å². The zero-order valence-electron chi connectivity index (χ0n) is 20.1. The van der Waals surface area contributed by atoms with Gasteiger partial charge < -0.3 is 0 Å². The van der Waals surface area contributed by atoms with Gasteiger partial charge in [0.05, 0.1) is 37.4 Å². The van der Waals surface area contributed by atoms with Gasteiger partial charge in [0, 0.05) is 22.7 Å². The van der Waals surface area contributed by atoms with Crippen LogP contribution in [0.3, 0.4) is 0 Å². The number of hydrogen-bond acceptors (Lipinski definition) is 3. The number of amides is 1. The minimum Gasteiger partial charge on any atom is -0.273 e. The fourth-order valence-electron chi connectivity index (χ4n) is 4.77. The summed E-state index contributed by atoms with van der Waals surface area (Å²) < 4.78 is 28.5. The Labute approximate surface area is 230 Å². The van der Waals surface area contributed by atoms with E-state index in [1.807, 2.05) is 43.3 Å². The van der Waals surface area contributed by atoms with Gasteiger partial charge in [0.1, 0.15) is 0 Å². The number of aryl methyl sites for hydroxylation is 1. The summed E-state index contributed by atoms with van der Waals surface area (Å²) in [5.74, 6) is -0.306. The monoisotopic (exact) mass is 558 g/mol. The summed E-state index contributed by atoms with van der Waals surface area (Å²) in [5, 5.41) is 1.40. The Bertz CT molecular complexity index is 1870. The Balaban J connectivity index is 1.55. The molecular weight excluding hydrogens is 539 g/mol. The summed E-state index contributed by atoms with van der Waals surface area (Å²) >= 11 is 13.0. The number of rotatable bonds is 4. The molecule has 0 aliphatic carbocycles. The molecule has 0 bridgehead atoms. The number of fused-ring (bicyclic) bond motifs is 2. The predicted octanol–water partition coefficient (Wildman–Crippen LogP) is 7.71. The van der Waals surface area contributed by atoms with Crippen molar-refractivity contribution in [2.45, 2.75) is 11.8 Å². The van der Waals surface area contributed by atoms with Crippen LogP contribution in [0.5, 0.6) is 0 Å². The number of nitrogens with zero attached hydrogens (tertiary/aromatic N) is 2. The third-order valence-electron chi connectivity index (χ3n) is 6.62. The van der Waals surface area contributed by atoms with Crippen molar-refractivity contribution in [3.63, 3.8) is 0 Å². The van der Waals surface area contributed by atoms with E-state index in [-0.39, 0.29) is 10.8 Å². The Morgan fingerprint density at radius 1 is 0.789 bits per heavy atom. The van der Waals surface area contributed by atoms with Crippen LogP contribution in [0, 0.1) is 6.92 Å². The molecule has 4 aromatic carbocycles. The topological polar surface area (TPSA) is 59.4 Å². The third kappa shape index (κ3) is 3.84. The predicted molar refractivity (Wildman–Crippen MR) is 154 cm³/mol. The highest BCUT2D eigenvalue weighted by Crippen LogP contribution is 2.47. The van der Waals surface area contributed by atoms with Crippen molar-refractivity contribution in [2.24, 2.45) is 0 Å². The van der Waals surface area contributed by atoms with Crippen LogP contribution in [-0.2, 0) is 14.8 Å². The fourth-order valence-corrected chi connectivity index (χ4v) is 6.72. The van der Waals surface area contributed by atoms with Gasteiger partial charge in [-0.2, -0.15) is 0 Å². The molecule has 0 N–H and O–H groups in total. The fraction of sp³-hybridized carbons (Fsp3) is 0.0333. The molecule has 1 aliphatic heterocycles. The lowest BCUT2D eigenvalue weighted by Crippen LogP contribution is -2.21. The van der Waals surface area contributed by atoms with Crippen LogP contribution in [0.2, 0.25) is 10.0 Å². The number of benzene rings is 4. The molecule has 1 amide bonds.